The maximum absolute atomic E-state index is 6.19. The van der Waals surface area contributed by atoms with Crippen LogP contribution in [0.25, 0.3) is 0 Å². The molecule has 5 nitrogen and oxygen atoms in total. The van der Waals surface area contributed by atoms with Gasteiger partial charge in [0.25, 0.3) is 0 Å². The van der Waals surface area contributed by atoms with Crippen molar-refractivity contribution in [2.75, 3.05) is 13.6 Å². The fourth-order valence-corrected chi connectivity index (χ4v) is 4.70. The number of ether oxygens (including phenoxy) is 3. The third kappa shape index (κ3) is 1.76. The molecular formula is C11H17ClNO4P. The number of fused-ring (bicyclic) bond motifs is 3. The summed E-state index contributed by atoms with van der Waals surface area (Å²) in [5.41, 5.74) is 0. The van der Waals surface area contributed by atoms with Gasteiger partial charge in [0, 0.05) is 19.4 Å². The molecule has 0 amide bonds. The van der Waals surface area contributed by atoms with Crippen molar-refractivity contribution in [1.29, 1.82) is 0 Å². The van der Waals surface area contributed by atoms with Crippen molar-refractivity contribution in [3.63, 3.8) is 0 Å². The fraction of sp³-hybridized carbons (Fsp3) is 1.00. The summed E-state index contributed by atoms with van der Waals surface area (Å²) >= 11 is 6.19. The number of likely N-dealkylation sites (N-methyl/N-ethyl adjacent to an activating group) is 1. The van der Waals surface area contributed by atoms with Gasteiger partial charge in [-0.05, 0) is 31.1 Å². The molecule has 4 aliphatic rings. The molecule has 0 radical (unpaired) electrons. The predicted molar refractivity (Wildman–Crippen MR) is 66.1 cm³/mol. The summed E-state index contributed by atoms with van der Waals surface area (Å²) in [5, 5.41) is 0. The van der Waals surface area contributed by atoms with Crippen molar-refractivity contribution >= 4 is 18.9 Å². The van der Waals surface area contributed by atoms with E-state index < -0.39 is 13.4 Å². The quantitative estimate of drug-likeness (QED) is 0.640. The highest BCUT2D eigenvalue weighted by Gasteiger charge is 2.60. The van der Waals surface area contributed by atoms with Crippen LogP contribution in [0.15, 0.2) is 0 Å². The Balaban J connectivity index is 1.52. The molecule has 1 unspecified atom stereocenters. The Morgan fingerprint density at radius 2 is 2.00 bits per heavy atom. The third-order valence-corrected chi connectivity index (χ3v) is 6.37. The molecule has 0 aromatic heterocycles. The third-order valence-electron chi connectivity index (χ3n) is 4.24. The SMILES string of the molecule is CN1C[C@H]2O[C@@H]3OC4(CCCC4)O[C@@H]3[C@H]2OP1Cl. The van der Waals surface area contributed by atoms with E-state index in [1.54, 1.807) is 0 Å². The maximum atomic E-state index is 6.19. The van der Waals surface area contributed by atoms with Crippen LogP contribution in [-0.2, 0) is 18.7 Å². The second-order valence-electron chi connectivity index (χ2n) is 5.50. The molecule has 18 heavy (non-hydrogen) atoms. The molecule has 4 rings (SSSR count). The van der Waals surface area contributed by atoms with Crippen LogP contribution in [0.3, 0.4) is 0 Å². The number of nitrogens with zero attached hydrogens (tertiary/aromatic N) is 1. The van der Waals surface area contributed by atoms with Gasteiger partial charge in [-0.15, -0.1) is 0 Å². The Hall–Kier alpha value is 0.520. The van der Waals surface area contributed by atoms with Gasteiger partial charge in [0.05, 0.1) is 0 Å². The lowest BCUT2D eigenvalue weighted by atomic mass is 10.1. The summed E-state index contributed by atoms with van der Waals surface area (Å²) in [7, 11) is 0.909. The van der Waals surface area contributed by atoms with Crippen LogP contribution in [-0.4, -0.2) is 48.7 Å². The van der Waals surface area contributed by atoms with E-state index in [4.69, 9.17) is 30.0 Å². The van der Waals surface area contributed by atoms with Crippen molar-refractivity contribution in [3.8, 4) is 0 Å². The zero-order valence-corrected chi connectivity index (χ0v) is 11.9. The van der Waals surface area contributed by atoms with Gasteiger partial charge < -0.3 is 18.7 Å². The number of hydrogen-bond donors (Lipinski definition) is 0. The van der Waals surface area contributed by atoms with Crippen molar-refractivity contribution in [2.45, 2.75) is 56.1 Å². The molecule has 3 saturated heterocycles. The predicted octanol–water partition coefficient (Wildman–Crippen LogP) is 2.19. The van der Waals surface area contributed by atoms with Gasteiger partial charge in [0.2, 0.25) is 7.65 Å². The molecule has 102 valence electrons. The highest BCUT2D eigenvalue weighted by Crippen LogP contribution is 2.56. The lowest BCUT2D eigenvalue weighted by Crippen LogP contribution is -2.44. The first kappa shape index (κ1) is 12.3. The summed E-state index contributed by atoms with van der Waals surface area (Å²) in [4.78, 5) is 0. The zero-order valence-electron chi connectivity index (χ0n) is 10.3. The zero-order chi connectivity index (χ0) is 12.3. The average molecular weight is 294 g/mol. The van der Waals surface area contributed by atoms with Gasteiger partial charge in [-0.25, -0.2) is 4.67 Å². The minimum Gasteiger partial charge on any atom is -0.342 e. The van der Waals surface area contributed by atoms with Crippen LogP contribution in [0.1, 0.15) is 25.7 Å². The molecular weight excluding hydrogens is 277 g/mol. The molecule has 1 saturated carbocycles. The van der Waals surface area contributed by atoms with Gasteiger partial charge in [-0.2, -0.15) is 0 Å². The molecule has 0 aromatic carbocycles. The molecule has 1 spiro atoms. The molecule has 3 heterocycles. The Morgan fingerprint density at radius 3 is 2.78 bits per heavy atom. The Morgan fingerprint density at radius 1 is 1.22 bits per heavy atom. The summed E-state index contributed by atoms with van der Waals surface area (Å²) in [5.74, 6) is -0.401. The van der Waals surface area contributed by atoms with Crippen LogP contribution in [0.2, 0.25) is 0 Å². The lowest BCUT2D eigenvalue weighted by molar-refractivity contribution is -0.230. The summed E-state index contributed by atoms with van der Waals surface area (Å²) in [6.45, 7) is 0.784. The van der Waals surface area contributed by atoms with E-state index in [0.29, 0.717) is 0 Å². The van der Waals surface area contributed by atoms with E-state index >= 15 is 0 Å². The van der Waals surface area contributed by atoms with Gasteiger partial charge in [0.1, 0.15) is 18.3 Å². The Kier molecular flexibility index (Phi) is 2.90. The minimum absolute atomic E-state index is 0.0150. The first-order valence-electron chi connectivity index (χ1n) is 6.52. The van der Waals surface area contributed by atoms with Gasteiger partial charge >= 0.3 is 0 Å². The Labute approximate surface area is 112 Å². The number of halogens is 1. The highest BCUT2D eigenvalue weighted by molar-refractivity contribution is 7.78. The van der Waals surface area contributed by atoms with E-state index in [0.717, 1.165) is 19.4 Å². The molecule has 3 aliphatic heterocycles. The molecule has 5 atom stereocenters. The first-order chi connectivity index (χ1) is 8.67. The normalized spacial score (nSPS) is 50.7. The number of hydrogen-bond acceptors (Lipinski definition) is 5. The van der Waals surface area contributed by atoms with E-state index in [1.807, 2.05) is 11.7 Å². The monoisotopic (exact) mass is 293 g/mol. The number of rotatable bonds is 0. The standard InChI is InChI=1S/C11H17ClNO4P/c1-13-6-7-8(17-18(13)12)9-10(14-7)16-11(15-9)4-2-3-5-11/h7-10H,2-6H2,1H3/t7-,8+,9-,10-,18?/m1/s1. The maximum Gasteiger partial charge on any atom is 0.207 e. The second kappa shape index (κ2) is 4.26. The summed E-state index contributed by atoms with van der Waals surface area (Å²) < 4.78 is 26.0. The molecule has 7 heteroatoms. The van der Waals surface area contributed by atoms with Crippen molar-refractivity contribution in [3.05, 3.63) is 0 Å². The van der Waals surface area contributed by atoms with Crippen LogP contribution in [0.4, 0.5) is 0 Å². The van der Waals surface area contributed by atoms with Crippen LogP contribution < -0.4 is 0 Å². The average Bonchev–Trinajstić information content (AvgIpc) is 2.98. The molecule has 4 fully saturated rings. The van der Waals surface area contributed by atoms with E-state index in [1.165, 1.54) is 12.8 Å². The second-order valence-corrected chi connectivity index (χ2v) is 7.71. The van der Waals surface area contributed by atoms with Gasteiger partial charge in [0.15, 0.2) is 12.1 Å². The van der Waals surface area contributed by atoms with Crippen LogP contribution >= 0.6 is 18.9 Å². The van der Waals surface area contributed by atoms with Crippen molar-refractivity contribution < 1.29 is 18.7 Å². The molecule has 0 N–H and O–H groups in total. The van der Waals surface area contributed by atoms with Crippen molar-refractivity contribution in [1.82, 2.24) is 4.67 Å². The first-order valence-corrected chi connectivity index (χ1v) is 8.63. The molecule has 0 bridgehead atoms. The van der Waals surface area contributed by atoms with Gasteiger partial charge in [-0.1, -0.05) is 0 Å². The molecule has 0 aromatic rings. The van der Waals surface area contributed by atoms with E-state index in [2.05, 4.69) is 0 Å². The van der Waals surface area contributed by atoms with Crippen LogP contribution in [0, 0.1) is 0 Å². The lowest BCUT2D eigenvalue weighted by Gasteiger charge is -2.36. The van der Waals surface area contributed by atoms with E-state index in [9.17, 15) is 0 Å². The summed E-state index contributed by atoms with van der Waals surface area (Å²) in [6.07, 6.45) is 3.83. The minimum atomic E-state index is -1.04. The largest absolute Gasteiger partial charge is 0.342 e. The fourth-order valence-electron chi connectivity index (χ4n) is 3.33. The van der Waals surface area contributed by atoms with Crippen molar-refractivity contribution in [2.24, 2.45) is 0 Å². The summed E-state index contributed by atoms with van der Waals surface area (Å²) in [6, 6.07) is 0. The highest BCUT2D eigenvalue weighted by atomic mass is 35.7. The molecule has 1 aliphatic carbocycles. The Bertz CT molecular complexity index is 354. The smallest absolute Gasteiger partial charge is 0.207 e. The van der Waals surface area contributed by atoms with E-state index in [-0.39, 0.29) is 24.6 Å². The topological polar surface area (TPSA) is 40.2 Å². The van der Waals surface area contributed by atoms with Crippen LogP contribution in [0.5, 0.6) is 0 Å². The van der Waals surface area contributed by atoms with Gasteiger partial charge in [-0.3, -0.25) is 0 Å².